The number of benzene rings is 2. The number of imide groups is 1. The number of carbonyl (C=O) groups is 2. The van der Waals surface area contributed by atoms with E-state index in [0.29, 0.717) is 11.7 Å². The van der Waals surface area contributed by atoms with E-state index in [1.54, 1.807) is 32.9 Å². The topological polar surface area (TPSA) is 59.1 Å². The average Bonchev–Trinajstić information content (AvgIpc) is 2.78. The Morgan fingerprint density at radius 1 is 1.00 bits per heavy atom. The highest BCUT2D eigenvalue weighted by atomic mass is 16.6. The Morgan fingerprint density at radius 3 is 2.25 bits per heavy atom. The molecule has 6 heteroatoms. The Labute approximate surface area is 190 Å². The van der Waals surface area contributed by atoms with E-state index in [9.17, 15) is 9.59 Å². The zero-order chi connectivity index (χ0) is 23.3. The molecule has 0 saturated heterocycles. The quantitative estimate of drug-likeness (QED) is 0.584. The van der Waals surface area contributed by atoms with Crippen LogP contribution in [0.15, 0.2) is 60.7 Å². The summed E-state index contributed by atoms with van der Waals surface area (Å²) in [5, 5.41) is 0. The van der Waals surface area contributed by atoms with Crippen LogP contribution >= 0.6 is 0 Å². The summed E-state index contributed by atoms with van der Waals surface area (Å²) in [6, 6.07) is 18.2. The van der Waals surface area contributed by atoms with Crippen LogP contribution in [0.2, 0.25) is 0 Å². The monoisotopic (exact) mass is 436 g/mol. The molecular weight excluding hydrogens is 404 g/mol. The molecule has 1 atom stereocenters. The van der Waals surface area contributed by atoms with Crippen molar-refractivity contribution in [3.8, 4) is 0 Å². The van der Waals surface area contributed by atoms with Crippen LogP contribution in [0.25, 0.3) is 5.57 Å². The third kappa shape index (κ3) is 5.77. The summed E-state index contributed by atoms with van der Waals surface area (Å²) >= 11 is 0. The van der Waals surface area contributed by atoms with E-state index < -0.39 is 17.8 Å². The number of rotatable bonds is 4. The van der Waals surface area contributed by atoms with Crippen molar-refractivity contribution in [1.29, 1.82) is 0 Å². The van der Waals surface area contributed by atoms with E-state index in [-0.39, 0.29) is 0 Å². The smallest absolute Gasteiger partial charge is 0.424 e. The first-order valence-electron chi connectivity index (χ1n) is 10.9. The van der Waals surface area contributed by atoms with Crippen LogP contribution in [0.1, 0.15) is 51.3 Å². The summed E-state index contributed by atoms with van der Waals surface area (Å²) in [6.45, 7) is 9.33. The van der Waals surface area contributed by atoms with Crippen LogP contribution in [-0.2, 0) is 9.47 Å². The number of hydrogen-bond donors (Lipinski definition) is 0. The van der Waals surface area contributed by atoms with Gasteiger partial charge in [0, 0.05) is 19.1 Å². The van der Waals surface area contributed by atoms with Gasteiger partial charge in [-0.05, 0) is 62.9 Å². The van der Waals surface area contributed by atoms with Crippen LogP contribution in [0, 0.1) is 0 Å². The molecular formula is C26H32N2O4. The first-order chi connectivity index (χ1) is 15.2. The Morgan fingerprint density at radius 2 is 1.66 bits per heavy atom. The molecule has 170 valence electrons. The van der Waals surface area contributed by atoms with Crippen LogP contribution in [-0.4, -0.2) is 42.9 Å². The number of hydrogen-bond acceptors (Lipinski definition) is 5. The van der Waals surface area contributed by atoms with Crippen molar-refractivity contribution in [3.05, 3.63) is 71.8 Å². The van der Waals surface area contributed by atoms with Gasteiger partial charge in [0.25, 0.3) is 0 Å². The third-order valence-electron chi connectivity index (χ3n) is 5.44. The van der Waals surface area contributed by atoms with Gasteiger partial charge < -0.3 is 9.47 Å². The zero-order valence-electron chi connectivity index (χ0n) is 19.5. The highest BCUT2D eigenvalue weighted by molar-refractivity contribution is 6.09. The van der Waals surface area contributed by atoms with E-state index in [1.165, 1.54) is 18.2 Å². The summed E-state index contributed by atoms with van der Waals surface area (Å²) in [6.07, 6.45) is 1.68. The molecule has 2 aromatic rings. The number of methoxy groups -OCH3 is 1. The number of anilines is 1. The Bertz CT molecular complexity index is 962. The highest BCUT2D eigenvalue weighted by Gasteiger charge is 2.29. The van der Waals surface area contributed by atoms with Gasteiger partial charge in [-0.3, -0.25) is 4.90 Å². The van der Waals surface area contributed by atoms with Crippen LogP contribution in [0.5, 0.6) is 0 Å². The van der Waals surface area contributed by atoms with Crippen molar-refractivity contribution in [2.75, 3.05) is 25.1 Å². The number of carbonyl (C=O) groups excluding carboxylic acids is 2. The van der Waals surface area contributed by atoms with Crippen LogP contribution in [0.3, 0.4) is 0 Å². The van der Waals surface area contributed by atoms with Crippen molar-refractivity contribution in [3.63, 3.8) is 0 Å². The van der Waals surface area contributed by atoms with Crippen molar-refractivity contribution < 1.29 is 19.1 Å². The maximum atomic E-state index is 12.6. The molecule has 0 bridgehead atoms. The van der Waals surface area contributed by atoms with Gasteiger partial charge in [0.1, 0.15) is 5.60 Å². The second-order valence-corrected chi connectivity index (χ2v) is 8.91. The Balaban J connectivity index is 1.77. The van der Waals surface area contributed by atoms with Gasteiger partial charge in [-0.1, -0.05) is 48.5 Å². The Hall–Kier alpha value is -3.12. The number of nitrogens with zero attached hydrogens (tertiary/aromatic N) is 2. The average molecular weight is 437 g/mol. The molecule has 0 spiro atoms. The van der Waals surface area contributed by atoms with Gasteiger partial charge in [0.2, 0.25) is 0 Å². The molecule has 0 radical (unpaired) electrons. The molecule has 0 N–H and O–H groups in total. The molecule has 0 aromatic heterocycles. The fraction of sp³-hybridized carbons (Fsp3) is 0.385. The lowest BCUT2D eigenvalue weighted by molar-refractivity contribution is 0.0575. The van der Waals surface area contributed by atoms with Crippen molar-refractivity contribution in [2.24, 2.45) is 0 Å². The molecule has 0 unspecified atom stereocenters. The van der Waals surface area contributed by atoms with E-state index >= 15 is 0 Å². The number of ether oxygens (including phenoxy) is 2. The lowest BCUT2D eigenvalue weighted by atomic mass is 9.98. The van der Waals surface area contributed by atoms with E-state index in [1.807, 2.05) is 18.2 Å². The second kappa shape index (κ2) is 10.0. The van der Waals surface area contributed by atoms with E-state index in [2.05, 4.69) is 42.2 Å². The predicted molar refractivity (Wildman–Crippen MR) is 127 cm³/mol. The maximum Gasteiger partial charge on any atom is 0.424 e. The summed E-state index contributed by atoms with van der Waals surface area (Å²) < 4.78 is 10.2. The minimum absolute atomic E-state index is 0.321. The van der Waals surface area contributed by atoms with E-state index in [4.69, 9.17) is 9.47 Å². The summed E-state index contributed by atoms with van der Waals surface area (Å²) in [5.41, 5.74) is 3.27. The zero-order valence-corrected chi connectivity index (χ0v) is 19.5. The molecule has 1 aliphatic rings. The summed E-state index contributed by atoms with van der Waals surface area (Å²) in [4.78, 5) is 28.2. The molecule has 32 heavy (non-hydrogen) atoms. The molecule has 3 rings (SSSR count). The Kier molecular flexibility index (Phi) is 7.36. The number of amides is 2. The molecule has 1 heterocycles. The first-order valence-corrected chi connectivity index (χ1v) is 10.9. The molecule has 0 fully saturated rings. The normalized spacial score (nSPS) is 15.5. The van der Waals surface area contributed by atoms with Crippen LogP contribution < -0.4 is 4.90 Å². The van der Waals surface area contributed by atoms with Gasteiger partial charge in [-0.15, -0.1) is 0 Å². The molecule has 1 aliphatic heterocycles. The lowest BCUT2D eigenvalue weighted by Gasteiger charge is -2.33. The molecule has 0 saturated carbocycles. The van der Waals surface area contributed by atoms with Crippen LogP contribution in [0.4, 0.5) is 15.3 Å². The lowest BCUT2D eigenvalue weighted by Crippen LogP contribution is -2.41. The van der Waals surface area contributed by atoms with Crippen molar-refractivity contribution in [1.82, 2.24) is 4.90 Å². The minimum atomic E-state index is -0.785. The third-order valence-corrected chi connectivity index (χ3v) is 5.44. The van der Waals surface area contributed by atoms with Crippen molar-refractivity contribution >= 4 is 23.4 Å². The maximum absolute atomic E-state index is 12.6. The molecule has 6 nitrogen and oxygen atoms in total. The SMILES string of the molecule is COC(=O)N(C(=O)OC(C)(C)C)c1ccc(C2=CCCN([C@H](C)c3ccccc3)C2)cc1. The highest BCUT2D eigenvalue weighted by Crippen LogP contribution is 2.29. The predicted octanol–water partition coefficient (Wildman–Crippen LogP) is 6.04. The fourth-order valence-corrected chi connectivity index (χ4v) is 3.76. The van der Waals surface area contributed by atoms with Gasteiger partial charge >= 0.3 is 12.2 Å². The molecule has 2 aromatic carbocycles. The van der Waals surface area contributed by atoms with Gasteiger partial charge in [0.15, 0.2) is 0 Å². The van der Waals surface area contributed by atoms with E-state index in [0.717, 1.165) is 30.0 Å². The van der Waals surface area contributed by atoms with Gasteiger partial charge in [-0.2, -0.15) is 4.90 Å². The summed E-state index contributed by atoms with van der Waals surface area (Å²) in [5.74, 6) is 0. The minimum Gasteiger partial charge on any atom is -0.452 e. The van der Waals surface area contributed by atoms with Crippen molar-refractivity contribution in [2.45, 2.75) is 45.8 Å². The summed E-state index contributed by atoms with van der Waals surface area (Å²) in [7, 11) is 1.24. The largest absolute Gasteiger partial charge is 0.452 e. The fourth-order valence-electron chi connectivity index (χ4n) is 3.76. The first kappa shape index (κ1) is 23.5. The second-order valence-electron chi connectivity index (χ2n) is 8.91. The molecule has 2 amide bonds. The van der Waals surface area contributed by atoms with Gasteiger partial charge in [0.05, 0.1) is 12.8 Å². The standard InChI is InChI=1S/C26H32N2O4/c1-19(20-10-7-6-8-11-20)27-17-9-12-22(18-27)21-13-15-23(16-14-21)28(24(29)31-5)25(30)32-26(2,3)4/h6-8,10-16,19H,9,17-18H2,1-5H3/t19-/m1/s1. The molecule has 0 aliphatic carbocycles. The van der Waals surface area contributed by atoms with Gasteiger partial charge in [-0.25, -0.2) is 9.59 Å².